The Hall–Kier alpha value is -3.51. The zero-order chi connectivity index (χ0) is 22.3. The largest absolute Gasteiger partial charge is 0.508 e. The van der Waals surface area contributed by atoms with Gasteiger partial charge < -0.3 is 20.3 Å². The summed E-state index contributed by atoms with van der Waals surface area (Å²) in [5.41, 5.74) is 1.74. The molecule has 1 aliphatic heterocycles. The van der Waals surface area contributed by atoms with Crippen LogP contribution in [-0.2, 0) is 0 Å². The van der Waals surface area contributed by atoms with Crippen LogP contribution in [0.4, 0.5) is 11.4 Å². The highest BCUT2D eigenvalue weighted by Gasteiger charge is 2.20. The second kappa shape index (κ2) is 10.2. The smallest absolute Gasteiger partial charge is 0.262 e. The number of aromatic hydroxyl groups is 2. The van der Waals surface area contributed by atoms with Gasteiger partial charge in [0.15, 0.2) is 0 Å². The maximum Gasteiger partial charge on any atom is 0.262 e. The Bertz CT molecular complexity index is 1010. The van der Waals surface area contributed by atoms with Crippen LogP contribution >= 0.6 is 0 Å². The third-order valence-corrected chi connectivity index (χ3v) is 5.67. The van der Waals surface area contributed by atoms with Gasteiger partial charge in [0.05, 0.1) is 6.61 Å². The van der Waals surface area contributed by atoms with Gasteiger partial charge in [-0.05, 0) is 98.6 Å². The lowest BCUT2D eigenvalue weighted by Crippen LogP contribution is -2.35. The Morgan fingerprint density at radius 3 is 2.06 bits per heavy atom. The van der Waals surface area contributed by atoms with Crippen LogP contribution in [0.2, 0.25) is 0 Å². The van der Waals surface area contributed by atoms with Gasteiger partial charge in [-0.1, -0.05) is 6.42 Å². The minimum absolute atomic E-state index is 0.0997. The molecule has 32 heavy (non-hydrogen) atoms. The van der Waals surface area contributed by atoms with Crippen LogP contribution in [0.1, 0.15) is 36.0 Å². The molecule has 166 valence electrons. The summed E-state index contributed by atoms with van der Waals surface area (Å²) in [5, 5.41) is 22.7. The van der Waals surface area contributed by atoms with Crippen LogP contribution in [-0.4, -0.2) is 35.3 Å². The number of phenols is 2. The first-order valence-corrected chi connectivity index (χ1v) is 11.0. The molecule has 1 aliphatic rings. The lowest BCUT2D eigenvalue weighted by atomic mass is 10.0. The van der Waals surface area contributed by atoms with E-state index >= 15 is 0 Å². The number of carbonyl (C=O) groups excluding carboxylic acids is 1. The number of carbonyl (C=O) groups is 1. The van der Waals surface area contributed by atoms with Crippen molar-refractivity contribution in [2.75, 3.05) is 18.1 Å². The van der Waals surface area contributed by atoms with Crippen molar-refractivity contribution in [3.05, 3.63) is 78.4 Å². The van der Waals surface area contributed by atoms with Crippen LogP contribution in [0.25, 0.3) is 0 Å². The van der Waals surface area contributed by atoms with Crippen molar-refractivity contribution in [3.8, 4) is 17.2 Å². The first-order chi connectivity index (χ1) is 15.6. The summed E-state index contributed by atoms with van der Waals surface area (Å²) in [4.78, 5) is 14.9. The molecule has 1 heterocycles. The molecule has 6 nitrogen and oxygen atoms in total. The fourth-order valence-electron chi connectivity index (χ4n) is 3.90. The van der Waals surface area contributed by atoms with E-state index in [9.17, 15) is 15.0 Å². The van der Waals surface area contributed by atoms with Crippen LogP contribution in [0.5, 0.6) is 17.2 Å². The summed E-state index contributed by atoms with van der Waals surface area (Å²) >= 11 is 0. The molecule has 3 aromatic carbocycles. The fourth-order valence-corrected chi connectivity index (χ4v) is 3.90. The third kappa shape index (κ3) is 5.39. The van der Waals surface area contributed by atoms with Gasteiger partial charge in [-0.2, -0.15) is 0 Å². The minimum atomic E-state index is -0.243. The first kappa shape index (κ1) is 21.7. The molecule has 1 saturated heterocycles. The molecule has 1 atom stereocenters. The van der Waals surface area contributed by atoms with Gasteiger partial charge in [0.25, 0.3) is 5.91 Å². The predicted octanol–water partition coefficient (Wildman–Crippen LogP) is 4.99. The quantitative estimate of drug-likeness (QED) is 0.490. The predicted molar refractivity (Wildman–Crippen MR) is 125 cm³/mol. The van der Waals surface area contributed by atoms with Crippen molar-refractivity contribution in [2.45, 2.75) is 31.7 Å². The Morgan fingerprint density at radius 2 is 1.47 bits per heavy atom. The van der Waals surface area contributed by atoms with E-state index in [0.29, 0.717) is 29.6 Å². The maximum absolute atomic E-state index is 13.3. The zero-order valence-corrected chi connectivity index (χ0v) is 17.9. The number of amides is 1. The van der Waals surface area contributed by atoms with E-state index in [2.05, 4.69) is 5.32 Å². The average molecular weight is 433 g/mol. The number of hydrogen-bond donors (Lipinski definition) is 3. The Labute approximate surface area is 188 Å². The summed E-state index contributed by atoms with van der Waals surface area (Å²) in [5.74, 6) is 0.740. The van der Waals surface area contributed by atoms with Gasteiger partial charge in [-0.15, -0.1) is 0 Å². The molecule has 1 unspecified atom stereocenters. The second-order valence-corrected chi connectivity index (χ2v) is 7.98. The lowest BCUT2D eigenvalue weighted by molar-refractivity contribution is 0.0999. The molecule has 0 bridgehead atoms. The maximum atomic E-state index is 13.3. The van der Waals surface area contributed by atoms with E-state index in [0.717, 1.165) is 18.7 Å². The summed E-state index contributed by atoms with van der Waals surface area (Å²) in [6.45, 7) is 1.73. The molecule has 0 saturated carbocycles. The van der Waals surface area contributed by atoms with Crippen molar-refractivity contribution < 1.29 is 19.7 Å². The minimum Gasteiger partial charge on any atom is -0.508 e. The number of rotatable bonds is 7. The highest BCUT2D eigenvalue weighted by atomic mass is 16.5. The molecule has 0 aromatic heterocycles. The second-order valence-electron chi connectivity index (χ2n) is 7.98. The number of anilines is 2. The Balaban J connectivity index is 1.50. The summed E-state index contributed by atoms with van der Waals surface area (Å²) in [7, 11) is 0. The number of phenolic OH excluding ortho intramolecular Hbond substituents is 2. The van der Waals surface area contributed by atoms with Crippen LogP contribution in [0, 0.1) is 0 Å². The number of nitrogens with zero attached hydrogens (tertiary/aromatic N) is 1. The van der Waals surface area contributed by atoms with Gasteiger partial charge in [-0.25, -0.2) is 0 Å². The van der Waals surface area contributed by atoms with Crippen molar-refractivity contribution in [2.24, 2.45) is 0 Å². The number of benzene rings is 3. The number of nitrogens with one attached hydrogen (secondary N) is 1. The van der Waals surface area contributed by atoms with E-state index < -0.39 is 0 Å². The van der Waals surface area contributed by atoms with E-state index in [-0.39, 0.29) is 17.4 Å². The molecule has 6 heteroatoms. The number of piperidine rings is 1. The molecule has 4 rings (SSSR count). The molecule has 1 amide bonds. The fraction of sp³-hybridized carbons (Fsp3) is 0.269. The average Bonchev–Trinajstić information content (AvgIpc) is 2.82. The van der Waals surface area contributed by atoms with E-state index in [1.165, 1.54) is 31.4 Å². The van der Waals surface area contributed by atoms with Crippen LogP contribution in [0.15, 0.2) is 72.8 Å². The molecule has 0 spiro atoms. The molecule has 3 N–H and O–H groups in total. The molecule has 3 aromatic rings. The van der Waals surface area contributed by atoms with Crippen molar-refractivity contribution in [3.63, 3.8) is 0 Å². The molecule has 0 aliphatic carbocycles. The van der Waals surface area contributed by atoms with Crippen molar-refractivity contribution in [1.29, 1.82) is 0 Å². The van der Waals surface area contributed by atoms with Gasteiger partial charge in [0, 0.05) is 23.0 Å². The SMILES string of the molecule is O=C(c1ccc(O)cc1)N(c1ccc(O)cc1)c1ccc(OCCC2CCCCN2)cc1. The van der Waals surface area contributed by atoms with Gasteiger partial charge >= 0.3 is 0 Å². The standard InChI is InChI=1S/C26H28N2O4/c29-23-10-4-19(5-11-23)26(31)28(21-6-12-24(30)13-7-21)22-8-14-25(15-9-22)32-18-16-20-3-1-2-17-27-20/h4-15,20,27,29-30H,1-3,16-18H2. The van der Waals surface area contributed by atoms with Gasteiger partial charge in [0.1, 0.15) is 17.2 Å². The number of ether oxygens (including phenoxy) is 1. The molecular weight excluding hydrogens is 404 g/mol. The van der Waals surface area contributed by atoms with Gasteiger partial charge in [0.2, 0.25) is 0 Å². The lowest BCUT2D eigenvalue weighted by Gasteiger charge is -2.24. The van der Waals surface area contributed by atoms with Gasteiger partial charge in [-0.3, -0.25) is 9.69 Å². The molecule has 0 radical (unpaired) electrons. The normalized spacial score (nSPS) is 15.8. The monoisotopic (exact) mass is 432 g/mol. The highest BCUT2D eigenvalue weighted by molar-refractivity contribution is 6.11. The Morgan fingerprint density at radius 1 is 0.875 bits per heavy atom. The Kier molecular flexibility index (Phi) is 6.92. The molecular formula is C26H28N2O4. The van der Waals surface area contributed by atoms with E-state index in [1.54, 1.807) is 41.3 Å². The summed E-state index contributed by atoms with van der Waals surface area (Å²) in [6.07, 6.45) is 4.69. The van der Waals surface area contributed by atoms with Crippen LogP contribution < -0.4 is 15.0 Å². The summed E-state index contributed by atoms with van der Waals surface area (Å²) < 4.78 is 5.92. The van der Waals surface area contributed by atoms with E-state index in [1.807, 2.05) is 24.3 Å². The summed E-state index contributed by atoms with van der Waals surface area (Å²) in [6, 6.07) is 20.6. The topological polar surface area (TPSA) is 82.0 Å². The first-order valence-electron chi connectivity index (χ1n) is 11.0. The third-order valence-electron chi connectivity index (χ3n) is 5.67. The van der Waals surface area contributed by atoms with Crippen LogP contribution in [0.3, 0.4) is 0 Å². The van der Waals surface area contributed by atoms with E-state index in [4.69, 9.17) is 4.74 Å². The number of hydrogen-bond acceptors (Lipinski definition) is 5. The van der Waals surface area contributed by atoms with Crippen molar-refractivity contribution >= 4 is 17.3 Å². The van der Waals surface area contributed by atoms with Crippen molar-refractivity contribution in [1.82, 2.24) is 5.32 Å². The highest BCUT2D eigenvalue weighted by Crippen LogP contribution is 2.30. The zero-order valence-electron chi connectivity index (χ0n) is 17.9. The molecule has 1 fully saturated rings.